The zero-order valence-corrected chi connectivity index (χ0v) is 13.2. The standard InChI is InChI=1S/C17H23NO5/c1-2-6-13(16(20)21)15-14(19)9-10-18(15)17(22)23-11-12-7-4-3-5-8-12/h3-5,7-8,13-15,19H,2,6,9-11H2,1H3,(H,20,21)/t13-,14-,15+/m0/s1. The molecule has 1 aliphatic rings. The van der Waals surface area contributed by atoms with Crippen LogP contribution in [0.3, 0.4) is 0 Å². The summed E-state index contributed by atoms with van der Waals surface area (Å²) in [5, 5.41) is 19.5. The number of carbonyl (C=O) groups excluding carboxylic acids is 1. The summed E-state index contributed by atoms with van der Waals surface area (Å²) < 4.78 is 5.28. The first-order chi connectivity index (χ1) is 11.0. The van der Waals surface area contributed by atoms with Crippen molar-refractivity contribution in [3.8, 4) is 0 Å². The van der Waals surface area contributed by atoms with E-state index in [-0.39, 0.29) is 6.61 Å². The number of benzene rings is 1. The van der Waals surface area contributed by atoms with Crippen LogP contribution in [0.15, 0.2) is 30.3 Å². The summed E-state index contributed by atoms with van der Waals surface area (Å²) in [6.07, 6.45) is 0.0651. The Hall–Kier alpha value is -2.08. The van der Waals surface area contributed by atoms with Gasteiger partial charge in [-0.3, -0.25) is 4.79 Å². The van der Waals surface area contributed by atoms with E-state index in [1.54, 1.807) is 0 Å². The van der Waals surface area contributed by atoms with Crippen molar-refractivity contribution in [3.63, 3.8) is 0 Å². The lowest BCUT2D eigenvalue weighted by Crippen LogP contribution is -2.47. The van der Waals surface area contributed by atoms with E-state index in [9.17, 15) is 19.8 Å². The lowest BCUT2D eigenvalue weighted by Gasteiger charge is -2.30. The van der Waals surface area contributed by atoms with Crippen molar-refractivity contribution < 1.29 is 24.5 Å². The highest BCUT2D eigenvalue weighted by Gasteiger charge is 2.44. The molecular formula is C17H23NO5. The van der Waals surface area contributed by atoms with Gasteiger partial charge in [-0.1, -0.05) is 43.7 Å². The average Bonchev–Trinajstić information content (AvgIpc) is 2.92. The van der Waals surface area contributed by atoms with Gasteiger partial charge in [0.15, 0.2) is 0 Å². The van der Waals surface area contributed by atoms with Crippen molar-refractivity contribution in [1.82, 2.24) is 4.90 Å². The van der Waals surface area contributed by atoms with Gasteiger partial charge in [-0.25, -0.2) is 4.79 Å². The number of aliphatic carboxylic acids is 1. The minimum Gasteiger partial charge on any atom is -0.481 e. The highest BCUT2D eigenvalue weighted by molar-refractivity contribution is 5.74. The second-order valence-corrected chi connectivity index (χ2v) is 5.81. The van der Waals surface area contributed by atoms with Crippen LogP contribution in [0.4, 0.5) is 4.79 Å². The Kier molecular flexibility index (Phi) is 5.98. The predicted molar refractivity (Wildman–Crippen MR) is 83.8 cm³/mol. The van der Waals surface area contributed by atoms with Gasteiger partial charge in [0.25, 0.3) is 0 Å². The number of rotatable bonds is 6. The Morgan fingerprint density at radius 3 is 2.65 bits per heavy atom. The number of hydrogen-bond donors (Lipinski definition) is 2. The van der Waals surface area contributed by atoms with Gasteiger partial charge in [0.05, 0.1) is 18.1 Å². The summed E-state index contributed by atoms with van der Waals surface area (Å²) in [6, 6.07) is 8.55. The van der Waals surface area contributed by atoms with Crippen LogP contribution in [-0.2, 0) is 16.1 Å². The Labute approximate surface area is 135 Å². The number of ether oxygens (including phenoxy) is 1. The fourth-order valence-corrected chi connectivity index (χ4v) is 3.05. The summed E-state index contributed by atoms with van der Waals surface area (Å²) in [5.41, 5.74) is 0.862. The minimum absolute atomic E-state index is 0.129. The Morgan fingerprint density at radius 2 is 2.04 bits per heavy atom. The van der Waals surface area contributed by atoms with Crippen LogP contribution in [0.5, 0.6) is 0 Å². The molecule has 0 unspecified atom stereocenters. The molecule has 1 aromatic carbocycles. The van der Waals surface area contributed by atoms with E-state index in [1.807, 2.05) is 37.3 Å². The first kappa shape index (κ1) is 17.3. The number of carboxylic acid groups (broad SMARTS) is 1. The first-order valence-electron chi connectivity index (χ1n) is 7.92. The molecule has 0 aliphatic carbocycles. The molecule has 1 fully saturated rings. The van der Waals surface area contributed by atoms with Gasteiger partial charge in [0, 0.05) is 6.54 Å². The largest absolute Gasteiger partial charge is 0.481 e. The molecule has 2 N–H and O–H groups in total. The third kappa shape index (κ3) is 4.22. The van der Waals surface area contributed by atoms with Gasteiger partial charge >= 0.3 is 12.1 Å². The fraction of sp³-hybridized carbons (Fsp3) is 0.529. The predicted octanol–water partition coefficient (Wildman–Crippen LogP) is 2.26. The van der Waals surface area contributed by atoms with E-state index >= 15 is 0 Å². The van der Waals surface area contributed by atoms with Crippen LogP contribution in [0, 0.1) is 5.92 Å². The maximum atomic E-state index is 12.3. The van der Waals surface area contributed by atoms with Gasteiger partial charge in [0.2, 0.25) is 0 Å². The third-order valence-electron chi connectivity index (χ3n) is 4.19. The molecule has 1 aliphatic heterocycles. The molecule has 0 radical (unpaired) electrons. The molecule has 1 saturated heterocycles. The zero-order valence-electron chi connectivity index (χ0n) is 13.2. The molecule has 6 nitrogen and oxygen atoms in total. The molecule has 1 heterocycles. The van der Waals surface area contributed by atoms with Crippen molar-refractivity contribution >= 4 is 12.1 Å². The molecular weight excluding hydrogens is 298 g/mol. The minimum atomic E-state index is -0.987. The van der Waals surface area contributed by atoms with Crippen molar-refractivity contribution in [3.05, 3.63) is 35.9 Å². The van der Waals surface area contributed by atoms with Crippen molar-refractivity contribution in [1.29, 1.82) is 0 Å². The van der Waals surface area contributed by atoms with Gasteiger partial charge in [-0.15, -0.1) is 0 Å². The molecule has 0 bridgehead atoms. The van der Waals surface area contributed by atoms with Crippen LogP contribution < -0.4 is 0 Å². The lowest BCUT2D eigenvalue weighted by atomic mass is 9.91. The van der Waals surface area contributed by atoms with E-state index in [0.29, 0.717) is 25.8 Å². The zero-order chi connectivity index (χ0) is 16.8. The van der Waals surface area contributed by atoms with Crippen LogP contribution in [-0.4, -0.2) is 45.9 Å². The number of aliphatic hydroxyl groups excluding tert-OH is 1. The van der Waals surface area contributed by atoms with E-state index in [0.717, 1.165) is 5.56 Å². The maximum absolute atomic E-state index is 12.3. The Bertz CT molecular complexity index is 533. The average molecular weight is 321 g/mol. The summed E-state index contributed by atoms with van der Waals surface area (Å²) in [4.78, 5) is 25.1. The molecule has 1 aromatic rings. The number of likely N-dealkylation sites (tertiary alicyclic amines) is 1. The molecule has 23 heavy (non-hydrogen) atoms. The first-order valence-corrected chi connectivity index (χ1v) is 7.92. The van der Waals surface area contributed by atoms with Crippen molar-refractivity contribution in [2.45, 2.75) is 44.9 Å². The quantitative estimate of drug-likeness (QED) is 0.839. The van der Waals surface area contributed by atoms with Gasteiger partial charge in [0.1, 0.15) is 6.61 Å². The summed E-state index contributed by atoms with van der Waals surface area (Å²) in [6.45, 7) is 2.33. The SMILES string of the molecule is CCC[C@H](C(=O)O)[C@@H]1[C@@H](O)CCN1C(=O)OCc1ccccc1. The summed E-state index contributed by atoms with van der Waals surface area (Å²) >= 11 is 0. The second kappa shape index (κ2) is 7.97. The van der Waals surface area contributed by atoms with Crippen molar-refractivity contribution in [2.75, 3.05) is 6.54 Å². The van der Waals surface area contributed by atoms with E-state index in [2.05, 4.69) is 0 Å². The normalized spacial score (nSPS) is 21.9. The highest BCUT2D eigenvalue weighted by Crippen LogP contribution is 2.28. The number of nitrogens with zero attached hydrogens (tertiary/aromatic N) is 1. The van der Waals surface area contributed by atoms with Crippen LogP contribution in [0.1, 0.15) is 31.7 Å². The fourth-order valence-electron chi connectivity index (χ4n) is 3.05. The topological polar surface area (TPSA) is 87.1 Å². The summed E-state index contributed by atoms with van der Waals surface area (Å²) in [5.74, 6) is -1.76. The number of hydrogen-bond acceptors (Lipinski definition) is 4. The smallest absolute Gasteiger partial charge is 0.410 e. The van der Waals surface area contributed by atoms with Crippen molar-refractivity contribution in [2.24, 2.45) is 5.92 Å². The number of carboxylic acids is 1. The summed E-state index contributed by atoms with van der Waals surface area (Å²) in [7, 11) is 0. The third-order valence-corrected chi connectivity index (χ3v) is 4.19. The van der Waals surface area contributed by atoms with E-state index in [1.165, 1.54) is 4.90 Å². The van der Waals surface area contributed by atoms with E-state index < -0.39 is 30.1 Å². The molecule has 0 aromatic heterocycles. The Balaban J connectivity index is 2.04. The molecule has 6 heteroatoms. The number of amides is 1. The van der Waals surface area contributed by atoms with Gasteiger partial charge < -0.3 is 19.8 Å². The molecule has 2 rings (SSSR count). The molecule has 1 amide bonds. The van der Waals surface area contributed by atoms with Gasteiger partial charge in [-0.2, -0.15) is 0 Å². The molecule has 0 spiro atoms. The molecule has 126 valence electrons. The number of aliphatic hydroxyl groups is 1. The highest BCUT2D eigenvalue weighted by atomic mass is 16.6. The van der Waals surface area contributed by atoms with E-state index in [4.69, 9.17) is 4.74 Å². The molecule has 3 atom stereocenters. The monoisotopic (exact) mass is 321 g/mol. The van der Waals surface area contributed by atoms with Crippen LogP contribution in [0.25, 0.3) is 0 Å². The maximum Gasteiger partial charge on any atom is 0.410 e. The molecule has 0 saturated carbocycles. The van der Waals surface area contributed by atoms with Crippen LogP contribution in [0.2, 0.25) is 0 Å². The Morgan fingerprint density at radius 1 is 1.35 bits per heavy atom. The second-order valence-electron chi connectivity index (χ2n) is 5.81. The van der Waals surface area contributed by atoms with Crippen LogP contribution >= 0.6 is 0 Å². The number of carbonyl (C=O) groups is 2. The van der Waals surface area contributed by atoms with Gasteiger partial charge in [-0.05, 0) is 18.4 Å². The lowest BCUT2D eigenvalue weighted by molar-refractivity contribution is -0.145.